The second kappa shape index (κ2) is 4.08. The minimum absolute atomic E-state index is 0.432. The molecular weight excluding hydrogens is 168 g/mol. The van der Waals surface area contributed by atoms with Crippen molar-refractivity contribution in [3.8, 4) is 0 Å². The molecule has 0 radical (unpaired) electrons. The lowest BCUT2D eigenvalue weighted by molar-refractivity contribution is 0.674. The predicted molar refractivity (Wildman–Crippen MR) is 56.1 cm³/mol. The van der Waals surface area contributed by atoms with Crippen LogP contribution in [-0.4, -0.2) is 17.7 Å². The zero-order chi connectivity index (χ0) is 9.14. The molecule has 1 saturated carbocycles. The molecule has 70 valence electrons. The second-order valence-corrected chi connectivity index (χ2v) is 4.39. The third kappa shape index (κ3) is 3.39. The summed E-state index contributed by atoms with van der Waals surface area (Å²) in [4.78, 5) is 0. The Morgan fingerprint density at radius 3 is 2.58 bits per heavy atom. The number of hydrogen-bond acceptors (Lipinski definition) is 1. The lowest BCUT2D eigenvalue weighted by atomic mass is 10.3. The van der Waals surface area contributed by atoms with E-state index in [1.807, 2.05) is 0 Å². The van der Waals surface area contributed by atoms with E-state index >= 15 is 0 Å². The second-order valence-electron chi connectivity index (χ2n) is 3.98. The van der Waals surface area contributed by atoms with E-state index in [2.05, 4.69) is 31.4 Å². The molecule has 0 aromatic rings. The van der Waals surface area contributed by atoms with Gasteiger partial charge in [0.05, 0.1) is 0 Å². The van der Waals surface area contributed by atoms with Crippen molar-refractivity contribution in [3.05, 3.63) is 0 Å². The van der Waals surface area contributed by atoms with Gasteiger partial charge in [-0.1, -0.05) is 6.92 Å². The summed E-state index contributed by atoms with van der Waals surface area (Å²) in [5.41, 5.74) is 0. The van der Waals surface area contributed by atoms with Crippen LogP contribution < -0.4 is 10.6 Å². The summed E-state index contributed by atoms with van der Waals surface area (Å²) >= 11 is 5.09. The summed E-state index contributed by atoms with van der Waals surface area (Å²) < 4.78 is 0. The van der Waals surface area contributed by atoms with Crippen LogP contribution in [0.3, 0.4) is 0 Å². The molecule has 0 spiro atoms. The SMILES string of the molecule is CC(C)NC(=S)NCC1CC1C. The van der Waals surface area contributed by atoms with Crippen molar-refractivity contribution in [1.82, 2.24) is 10.6 Å². The van der Waals surface area contributed by atoms with Crippen molar-refractivity contribution in [2.75, 3.05) is 6.54 Å². The highest BCUT2D eigenvalue weighted by Crippen LogP contribution is 2.36. The number of nitrogens with one attached hydrogen (secondary N) is 2. The van der Waals surface area contributed by atoms with Crippen LogP contribution in [0.4, 0.5) is 0 Å². The molecule has 1 fully saturated rings. The first-order chi connectivity index (χ1) is 5.59. The first-order valence-corrected chi connectivity index (χ1v) is 5.04. The molecule has 1 rings (SSSR count). The Kier molecular flexibility index (Phi) is 3.32. The van der Waals surface area contributed by atoms with E-state index in [0.29, 0.717) is 6.04 Å². The highest BCUT2D eigenvalue weighted by molar-refractivity contribution is 7.80. The topological polar surface area (TPSA) is 24.1 Å². The molecule has 1 aliphatic carbocycles. The fourth-order valence-electron chi connectivity index (χ4n) is 1.22. The number of thiocarbonyl (C=S) groups is 1. The van der Waals surface area contributed by atoms with E-state index in [1.54, 1.807) is 0 Å². The van der Waals surface area contributed by atoms with E-state index in [9.17, 15) is 0 Å². The molecule has 0 aromatic carbocycles. The normalized spacial score (nSPS) is 27.0. The van der Waals surface area contributed by atoms with E-state index in [1.165, 1.54) is 6.42 Å². The van der Waals surface area contributed by atoms with Gasteiger partial charge in [-0.25, -0.2) is 0 Å². The van der Waals surface area contributed by atoms with Crippen molar-refractivity contribution < 1.29 is 0 Å². The minimum Gasteiger partial charge on any atom is -0.362 e. The zero-order valence-corrected chi connectivity index (χ0v) is 8.87. The number of hydrogen-bond donors (Lipinski definition) is 2. The van der Waals surface area contributed by atoms with Crippen molar-refractivity contribution in [1.29, 1.82) is 0 Å². The maximum atomic E-state index is 5.09. The smallest absolute Gasteiger partial charge is 0.166 e. The Labute approximate surface area is 80.1 Å². The van der Waals surface area contributed by atoms with E-state index < -0.39 is 0 Å². The Balaban J connectivity index is 2.03. The Morgan fingerprint density at radius 2 is 2.17 bits per heavy atom. The Morgan fingerprint density at radius 1 is 1.58 bits per heavy atom. The summed E-state index contributed by atoms with van der Waals surface area (Å²) in [6.07, 6.45) is 1.36. The molecule has 12 heavy (non-hydrogen) atoms. The van der Waals surface area contributed by atoms with Gasteiger partial charge in [0, 0.05) is 12.6 Å². The maximum absolute atomic E-state index is 5.09. The minimum atomic E-state index is 0.432. The van der Waals surface area contributed by atoms with Crippen LogP contribution in [0.2, 0.25) is 0 Å². The van der Waals surface area contributed by atoms with Gasteiger partial charge < -0.3 is 10.6 Å². The average Bonchev–Trinajstić information content (AvgIpc) is 2.61. The molecule has 2 nitrogen and oxygen atoms in total. The first kappa shape index (κ1) is 9.78. The molecule has 2 unspecified atom stereocenters. The molecule has 0 amide bonds. The monoisotopic (exact) mass is 186 g/mol. The van der Waals surface area contributed by atoms with Gasteiger partial charge >= 0.3 is 0 Å². The third-order valence-corrected chi connectivity index (χ3v) is 2.48. The van der Waals surface area contributed by atoms with Crippen LogP contribution in [0.5, 0.6) is 0 Å². The van der Waals surface area contributed by atoms with Crippen molar-refractivity contribution in [3.63, 3.8) is 0 Å². The van der Waals surface area contributed by atoms with E-state index in [-0.39, 0.29) is 0 Å². The highest BCUT2D eigenvalue weighted by Gasteiger charge is 2.31. The highest BCUT2D eigenvalue weighted by atomic mass is 32.1. The van der Waals surface area contributed by atoms with Crippen LogP contribution >= 0.6 is 12.2 Å². The van der Waals surface area contributed by atoms with Gasteiger partial charge in [-0.05, 0) is 44.3 Å². The largest absolute Gasteiger partial charge is 0.362 e. The Bertz CT molecular complexity index is 168. The predicted octanol–water partition coefficient (Wildman–Crippen LogP) is 1.51. The third-order valence-electron chi connectivity index (χ3n) is 2.22. The standard InChI is InChI=1S/C9H18N2S/c1-6(2)11-9(12)10-5-8-4-7(8)3/h6-8H,4-5H2,1-3H3,(H2,10,11,12). The lowest BCUT2D eigenvalue weighted by Crippen LogP contribution is -2.40. The molecule has 0 bridgehead atoms. The molecule has 0 saturated heterocycles. The van der Waals surface area contributed by atoms with E-state index in [4.69, 9.17) is 12.2 Å². The molecule has 3 heteroatoms. The maximum Gasteiger partial charge on any atom is 0.166 e. The summed E-state index contributed by atoms with van der Waals surface area (Å²) in [6, 6.07) is 0.432. The first-order valence-electron chi connectivity index (χ1n) is 4.64. The van der Waals surface area contributed by atoms with Crippen molar-refractivity contribution in [2.45, 2.75) is 33.2 Å². The van der Waals surface area contributed by atoms with Crippen molar-refractivity contribution >= 4 is 17.3 Å². The van der Waals surface area contributed by atoms with Crippen LogP contribution in [0, 0.1) is 11.8 Å². The summed E-state index contributed by atoms with van der Waals surface area (Å²) in [7, 11) is 0. The fraction of sp³-hybridized carbons (Fsp3) is 0.889. The summed E-state index contributed by atoms with van der Waals surface area (Å²) in [5, 5.41) is 7.18. The van der Waals surface area contributed by atoms with Crippen LogP contribution in [0.25, 0.3) is 0 Å². The lowest BCUT2D eigenvalue weighted by Gasteiger charge is -2.12. The number of rotatable bonds is 3. The van der Waals surface area contributed by atoms with Crippen LogP contribution in [0.1, 0.15) is 27.2 Å². The zero-order valence-electron chi connectivity index (χ0n) is 8.05. The van der Waals surface area contributed by atoms with Gasteiger partial charge in [0.25, 0.3) is 0 Å². The van der Waals surface area contributed by atoms with Crippen molar-refractivity contribution in [2.24, 2.45) is 11.8 Å². The molecule has 0 aliphatic heterocycles. The molecule has 0 heterocycles. The van der Waals surface area contributed by atoms with Crippen LogP contribution in [-0.2, 0) is 0 Å². The fourth-order valence-corrected chi connectivity index (χ4v) is 1.54. The summed E-state index contributed by atoms with van der Waals surface area (Å²) in [6.45, 7) is 7.51. The molecule has 1 aliphatic rings. The molecule has 0 aromatic heterocycles. The molecule has 2 atom stereocenters. The van der Waals surface area contributed by atoms with Gasteiger partial charge in [0.2, 0.25) is 0 Å². The van der Waals surface area contributed by atoms with Gasteiger partial charge in [-0.15, -0.1) is 0 Å². The van der Waals surface area contributed by atoms with Gasteiger partial charge in [-0.2, -0.15) is 0 Å². The molecule has 2 N–H and O–H groups in total. The Hall–Kier alpha value is -0.310. The quantitative estimate of drug-likeness (QED) is 0.653. The summed E-state index contributed by atoms with van der Waals surface area (Å²) in [5.74, 6) is 1.76. The average molecular weight is 186 g/mol. The van der Waals surface area contributed by atoms with E-state index in [0.717, 1.165) is 23.5 Å². The molecular formula is C9H18N2S. The van der Waals surface area contributed by atoms with Gasteiger partial charge in [0.1, 0.15) is 0 Å². The van der Waals surface area contributed by atoms with Crippen LogP contribution in [0.15, 0.2) is 0 Å². The van der Waals surface area contributed by atoms with Gasteiger partial charge in [-0.3, -0.25) is 0 Å². The van der Waals surface area contributed by atoms with Gasteiger partial charge in [0.15, 0.2) is 5.11 Å².